The van der Waals surface area contributed by atoms with Crippen LogP contribution in [-0.4, -0.2) is 33.2 Å². The van der Waals surface area contributed by atoms with Crippen molar-refractivity contribution in [2.24, 2.45) is 5.92 Å². The number of carbonyl (C=O) groups is 2. The Labute approximate surface area is 163 Å². The van der Waals surface area contributed by atoms with E-state index >= 15 is 0 Å². The number of aromatic nitrogens is 2. The van der Waals surface area contributed by atoms with Gasteiger partial charge in [-0.1, -0.05) is 6.42 Å². The first-order chi connectivity index (χ1) is 13.5. The molecule has 1 saturated heterocycles. The summed E-state index contributed by atoms with van der Waals surface area (Å²) in [5.74, 6) is 0.264. The smallest absolute Gasteiger partial charge is 0.259 e. The second-order valence-electron chi connectivity index (χ2n) is 7.51. The Bertz CT molecular complexity index is 896. The molecule has 2 heterocycles. The number of benzene rings is 1. The zero-order valence-corrected chi connectivity index (χ0v) is 15.8. The van der Waals surface area contributed by atoms with Gasteiger partial charge in [-0.05, 0) is 56.9 Å². The van der Waals surface area contributed by atoms with Crippen LogP contribution in [0, 0.1) is 18.7 Å². The van der Waals surface area contributed by atoms with Crippen molar-refractivity contribution in [1.29, 1.82) is 0 Å². The third-order valence-corrected chi connectivity index (χ3v) is 5.63. The average Bonchev–Trinajstić information content (AvgIpc) is 3.12. The van der Waals surface area contributed by atoms with E-state index in [0.717, 1.165) is 38.6 Å². The van der Waals surface area contributed by atoms with Crippen molar-refractivity contribution < 1.29 is 14.0 Å². The standard InChI is InChI=1S/C21H23FN4O2/c1-13-17(20(27)25-16-9-7-15(22)8-10-16)12-23-19(24-13)18-6-3-11-26(18)21(28)14-4-2-5-14/h7-10,12,14,18H,2-6,11H2,1H3,(H,25,27). The van der Waals surface area contributed by atoms with Gasteiger partial charge in [0.15, 0.2) is 5.82 Å². The van der Waals surface area contributed by atoms with Crippen molar-refractivity contribution in [3.05, 3.63) is 53.4 Å². The fourth-order valence-corrected chi connectivity index (χ4v) is 3.79. The van der Waals surface area contributed by atoms with Gasteiger partial charge in [-0.3, -0.25) is 9.59 Å². The van der Waals surface area contributed by atoms with Gasteiger partial charge in [0.05, 0.1) is 17.3 Å². The number of amides is 2. The van der Waals surface area contributed by atoms with Crippen LogP contribution in [0.1, 0.15) is 60.0 Å². The van der Waals surface area contributed by atoms with E-state index in [1.807, 2.05) is 4.90 Å². The topological polar surface area (TPSA) is 75.2 Å². The lowest BCUT2D eigenvalue weighted by molar-refractivity contribution is -0.139. The number of halogens is 1. The van der Waals surface area contributed by atoms with Crippen LogP contribution < -0.4 is 5.32 Å². The zero-order valence-electron chi connectivity index (χ0n) is 15.8. The number of rotatable bonds is 4. The molecular weight excluding hydrogens is 359 g/mol. The number of carbonyl (C=O) groups excluding carboxylic acids is 2. The Morgan fingerprint density at radius 3 is 2.54 bits per heavy atom. The van der Waals surface area contributed by atoms with E-state index in [9.17, 15) is 14.0 Å². The summed E-state index contributed by atoms with van der Waals surface area (Å²) in [7, 11) is 0. The van der Waals surface area contributed by atoms with Crippen molar-refractivity contribution in [3.8, 4) is 0 Å². The van der Waals surface area contributed by atoms with Crippen LogP contribution in [0.5, 0.6) is 0 Å². The molecule has 2 fully saturated rings. The normalized spacial score (nSPS) is 19.4. The van der Waals surface area contributed by atoms with Crippen molar-refractivity contribution >= 4 is 17.5 Å². The van der Waals surface area contributed by atoms with E-state index in [1.54, 1.807) is 6.92 Å². The molecule has 1 aromatic heterocycles. The molecular formula is C21H23FN4O2. The zero-order chi connectivity index (χ0) is 19.7. The first kappa shape index (κ1) is 18.5. The largest absolute Gasteiger partial charge is 0.332 e. The van der Waals surface area contributed by atoms with E-state index in [0.29, 0.717) is 22.8 Å². The molecule has 7 heteroatoms. The number of hydrogen-bond acceptors (Lipinski definition) is 4. The van der Waals surface area contributed by atoms with E-state index in [2.05, 4.69) is 15.3 Å². The molecule has 1 N–H and O–H groups in total. The summed E-state index contributed by atoms with van der Waals surface area (Å²) >= 11 is 0. The maximum absolute atomic E-state index is 13.0. The van der Waals surface area contributed by atoms with Crippen molar-refractivity contribution in [2.45, 2.75) is 45.1 Å². The Hall–Kier alpha value is -2.83. The molecule has 0 radical (unpaired) electrons. The van der Waals surface area contributed by atoms with Gasteiger partial charge in [0, 0.05) is 24.3 Å². The second kappa shape index (κ2) is 7.66. The van der Waals surface area contributed by atoms with Gasteiger partial charge >= 0.3 is 0 Å². The van der Waals surface area contributed by atoms with Gasteiger partial charge in [-0.25, -0.2) is 14.4 Å². The molecule has 1 saturated carbocycles. The molecule has 0 spiro atoms. The Kier molecular flexibility index (Phi) is 5.07. The van der Waals surface area contributed by atoms with E-state index in [4.69, 9.17) is 0 Å². The van der Waals surface area contributed by atoms with Crippen LogP contribution in [0.3, 0.4) is 0 Å². The van der Waals surface area contributed by atoms with Crippen LogP contribution in [0.25, 0.3) is 0 Å². The fourth-order valence-electron chi connectivity index (χ4n) is 3.79. The van der Waals surface area contributed by atoms with Gasteiger partial charge in [0.25, 0.3) is 5.91 Å². The third-order valence-electron chi connectivity index (χ3n) is 5.63. The van der Waals surface area contributed by atoms with E-state index < -0.39 is 0 Å². The number of anilines is 1. The number of nitrogens with zero attached hydrogens (tertiary/aromatic N) is 3. The summed E-state index contributed by atoms with van der Waals surface area (Å²) in [5, 5.41) is 2.72. The first-order valence-electron chi connectivity index (χ1n) is 9.74. The van der Waals surface area contributed by atoms with Gasteiger partial charge < -0.3 is 10.2 Å². The Morgan fingerprint density at radius 2 is 1.89 bits per heavy atom. The average molecular weight is 382 g/mol. The monoisotopic (exact) mass is 382 g/mol. The number of hydrogen-bond donors (Lipinski definition) is 1. The van der Waals surface area contributed by atoms with Gasteiger partial charge in [0.2, 0.25) is 5.91 Å². The summed E-state index contributed by atoms with van der Waals surface area (Å²) < 4.78 is 13.0. The minimum Gasteiger partial charge on any atom is -0.332 e. The minimum atomic E-state index is -0.362. The summed E-state index contributed by atoms with van der Waals surface area (Å²) in [4.78, 5) is 36.1. The lowest BCUT2D eigenvalue weighted by Crippen LogP contribution is -2.39. The maximum Gasteiger partial charge on any atom is 0.259 e. The maximum atomic E-state index is 13.0. The molecule has 2 aromatic rings. The van der Waals surface area contributed by atoms with Crippen LogP contribution >= 0.6 is 0 Å². The van der Waals surface area contributed by atoms with Crippen molar-refractivity contribution in [2.75, 3.05) is 11.9 Å². The molecule has 6 nitrogen and oxygen atoms in total. The predicted octanol–water partition coefficient (Wildman–Crippen LogP) is 3.64. The Morgan fingerprint density at radius 1 is 1.14 bits per heavy atom. The SMILES string of the molecule is Cc1nc(C2CCCN2C(=O)C2CCC2)ncc1C(=O)Nc1ccc(F)cc1. The van der Waals surface area contributed by atoms with Crippen LogP contribution in [0.15, 0.2) is 30.5 Å². The molecule has 28 heavy (non-hydrogen) atoms. The predicted molar refractivity (Wildman–Crippen MR) is 102 cm³/mol. The van der Waals surface area contributed by atoms with Gasteiger partial charge in [-0.2, -0.15) is 0 Å². The highest BCUT2D eigenvalue weighted by Gasteiger charge is 2.37. The van der Waals surface area contributed by atoms with Gasteiger partial charge in [-0.15, -0.1) is 0 Å². The van der Waals surface area contributed by atoms with E-state index in [-0.39, 0.29) is 29.6 Å². The molecule has 1 aliphatic carbocycles. The van der Waals surface area contributed by atoms with Crippen LogP contribution in [-0.2, 0) is 4.79 Å². The van der Waals surface area contributed by atoms with Crippen molar-refractivity contribution in [3.63, 3.8) is 0 Å². The minimum absolute atomic E-state index is 0.110. The van der Waals surface area contributed by atoms with Gasteiger partial charge in [0.1, 0.15) is 5.82 Å². The molecule has 2 amide bonds. The molecule has 4 rings (SSSR count). The fraction of sp³-hybridized carbons (Fsp3) is 0.429. The van der Waals surface area contributed by atoms with Crippen molar-refractivity contribution in [1.82, 2.24) is 14.9 Å². The quantitative estimate of drug-likeness (QED) is 0.876. The number of aryl methyl sites for hydroxylation is 1. The molecule has 0 bridgehead atoms. The lowest BCUT2D eigenvalue weighted by Gasteiger charge is -2.32. The Balaban J connectivity index is 1.49. The highest BCUT2D eigenvalue weighted by molar-refractivity contribution is 6.04. The summed E-state index contributed by atoms with van der Waals surface area (Å²) in [6.07, 6.45) is 6.38. The third kappa shape index (κ3) is 3.61. The molecule has 1 atom stereocenters. The van der Waals surface area contributed by atoms with Crippen LogP contribution in [0.2, 0.25) is 0 Å². The molecule has 1 aliphatic heterocycles. The van der Waals surface area contributed by atoms with E-state index in [1.165, 1.54) is 30.5 Å². The highest BCUT2D eigenvalue weighted by Crippen LogP contribution is 2.36. The lowest BCUT2D eigenvalue weighted by atomic mass is 9.84. The molecule has 1 unspecified atom stereocenters. The first-order valence-corrected chi connectivity index (χ1v) is 9.74. The van der Waals surface area contributed by atoms with Crippen LogP contribution in [0.4, 0.5) is 10.1 Å². The summed E-state index contributed by atoms with van der Waals surface area (Å²) in [6, 6.07) is 5.47. The number of likely N-dealkylation sites (tertiary alicyclic amines) is 1. The second-order valence-corrected chi connectivity index (χ2v) is 7.51. The highest BCUT2D eigenvalue weighted by atomic mass is 19.1. The molecule has 146 valence electrons. The molecule has 1 aromatic carbocycles. The summed E-state index contributed by atoms with van der Waals surface area (Å²) in [5.41, 5.74) is 1.43. The summed E-state index contributed by atoms with van der Waals surface area (Å²) in [6.45, 7) is 2.51. The number of nitrogens with one attached hydrogen (secondary N) is 1. The molecule has 2 aliphatic rings.